The first-order valence-corrected chi connectivity index (χ1v) is 4.81. The molecule has 17 heavy (non-hydrogen) atoms. The number of nitriles is 1. The minimum Gasteiger partial charge on any atom is -0.469 e. The lowest BCUT2D eigenvalue weighted by atomic mass is 10.0. The summed E-state index contributed by atoms with van der Waals surface area (Å²) in [6.07, 6.45) is -2.31. The van der Waals surface area contributed by atoms with Gasteiger partial charge in [0.2, 0.25) is 0 Å². The van der Waals surface area contributed by atoms with Gasteiger partial charge in [-0.2, -0.15) is 5.26 Å². The molecule has 1 aromatic heterocycles. The first-order valence-electron chi connectivity index (χ1n) is 4.43. The van der Waals surface area contributed by atoms with E-state index in [9.17, 15) is 13.6 Å². The number of halogens is 3. The normalized spacial score (nSPS) is 10.1. The van der Waals surface area contributed by atoms with Gasteiger partial charge in [0.05, 0.1) is 24.7 Å². The average Bonchev–Trinajstić information content (AvgIpc) is 2.28. The van der Waals surface area contributed by atoms with Gasteiger partial charge in [-0.15, -0.1) is 0 Å². The van der Waals surface area contributed by atoms with Crippen LogP contribution in [0.5, 0.6) is 0 Å². The van der Waals surface area contributed by atoms with Gasteiger partial charge in [0.15, 0.2) is 0 Å². The van der Waals surface area contributed by atoms with Crippen LogP contribution in [-0.2, 0) is 16.0 Å². The van der Waals surface area contributed by atoms with E-state index >= 15 is 0 Å². The maximum absolute atomic E-state index is 12.8. The smallest absolute Gasteiger partial charge is 0.310 e. The van der Waals surface area contributed by atoms with Crippen LogP contribution in [0.4, 0.5) is 8.78 Å². The Morgan fingerprint density at radius 3 is 2.82 bits per heavy atom. The number of carbonyl (C=O) groups is 1. The molecule has 0 fully saturated rings. The van der Waals surface area contributed by atoms with Gasteiger partial charge in [-0.25, -0.2) is 13.8 Å². The highest BCUT2D eigenvalue weighted by atomic mass is 35.5. The Balaban J connectivity index is 3.36. The van der Waals surface area contributed by atoms with E-state index < -0.39 is 29.5 Å². The molecule has 0 N–H and O–H groups in total. The molecular weight excluding hydrogens is 254 g/mol. The number of carbonyl (C=O) groups excluding carboxylic acids is 1. The van der Waals surface area contributed by atoms with Crippen LogP contribution in [0.15, 0.2) is 6.20 Å². The summed E-state index contributed by atoms with van der Waals surface area (Å²) >= 11 is 5.53. The molecule has 0 aliphatic carbocycles. The standard InChI is InChI=1S/C10H7ClF2N2O2/c1-17-7(16)2-6-5(3-14)4-15-9(11)8(6)10(12)13/h4,10H,2H2,1H3. The minimum atomic E-state index is -2.91. The first kappa shape index (κ1) is 13.3. The molecule has 1 heterocycles. The molecule has 0 aliphatic rings. The van der Waals surface area contributed by atoms with Crippen LogP contribution < -0.4 is 0 Å². The number of aromatic nitrogens is 1. The minimum absolute atomic E-state index is 0.116. The zero-order chi connectivity index (χ0) is 13.0. The van der Waals surface area contributed by atoms with Gasteiger partial charge >= 0.3 is 5.97 Å². The number of nitrogens with zero attached hydrogens (tertiary/aromatic N) is 2. The molecule has 0 unspecified atom stereocenters. The third-order valence-corrected chi connectivity index (χ3v) is 2.37. The number of pyridine rings is 1. The van der Waals surface area contributed by atoms with E-state index in [1.54, 1.807) is 6.07 Å². The summed E-state index contributed by atoms with van der Waals surface area (Å²) in [6, 6.07) is 1.69. The fraction of sp³-hybridized carbons (Fsp3) is 0.300. The molecule has 0 saturated heterocycles. The van der Waals surface area contributed by atoms with E-state index in [0.29, 0.717) is 0 Å². The quantitative estimate of drug-likeness (QED) is 0.618. The predicted molar refractivity (Wildman–Crippen MR) is 54.6 cm³/mol. The Morgan fingerprint density at radius 2 is 2.35 bits per heavy atom. The van der Waals surface area contributed by atoms with E-state index in [4.69, 9.17) is 16.9 Å². The number of alkyl halides is 2. The van der Waals surface area contributed by atoms with Crippen molar-refractivity contribution < 1.29 is 18.3 Å². The van der Waals surface area contributed by atoms with Crippen molar-refractivity contribution in [3.63, 3.8) is 0 Å². The molecule has 0 bridgehead atoms. The van der Waals surface area contributed by atoms with Crippen LogP contribution in [0.25, 0.3) is 0 Å². The summed E-state index contributed by atoms with van der Waals surface area (Å²) < 4.78 is 29.9. The predicted octanol–water partition coefficient (Wildman–Crippen LogP) is 2.26. The highest BCUT2D eigenvalue weighted by molar-refractivity contribution is 6.30. The SMILES string of the molecule is COC(=O)Cc1c(C#N)cnc(Cl)c1C(F)F. The van der Waals surface area contributed by atoms with Gasteiger partial charge in [0, 0.05) is 6.20 Å². The zero-order valence-corrected chi connectivity index (χ0v) is 9.46. The third kappa shape index (κ3) is 2.88. The van der Waals surface area contributed by atoms with Crippen molar-refractivity contribution in [1.29, 1.82) is 5.26 Å². The third-order valence-electron chi connectivity index (χ3n) is 2.07. The Bertz CT molecular complexity index is 486. The van der Waals surface area contributed by atoms with E-state index in [2.05, 4.69) is 9.72 Å². The van der Waals surface area contributed by atoms with E-state index in [1.807, 2.05) is 0 Å². The second kappa shape index (κ2) is 5.55. The Hall–Kier alpha value is -1.74. The summed E-state index contributed by atoms with van der Waals surface area (Å²) in [6.45, 7) is 0. The van der Waals surface area contributed by atoms with Gasteiger partial charge in [0.1, 0.15) is 11.2 Å². The van der Waals surface area contributed by atoms with Crippen molar-refractivity contribution in [1.82, 2.24) is 4.98 Å². The summed E-state index contributed by atoms with van der Waals surface area (Å²) in [4.78, 5) is 14.6. The largest absolute Gasteiger partial charge is 0.469 e. The number of ether oxygens (including phenoxy) is 1. The van der Waals surface area contributed by atoms with Crippen molar-refractivity contribution >= 4 is 17.6 Å². The topological polar surface area (TPSA) is 63.0 Å². The lowest BCUT2D eigenvalue weighted by Gasteiger charge is -2.10. The molecule has 0 aromatic carbocycles. The molecular formula is C10H7ClF2N2O2. The fourth-order valence-electron chi connectivity index (χ4n) is 1.26. The number of esters is 1. The van der Waals surface area contributed by atoms with Crippen molar-refractivity contribution in [3.8, 4) is 6.07 Å². The summed E-state index contributed by atoms with van der Waals surface area (Å²) in [5.74, 6) is -0.731. The Labute approximate surface area is 101 Å². The molecule has 0 radical (unpaired) electrons. The monoisotopic (exact) mass is 260 g/mol. The van der Waals surface area contributed by atoms with Crippen LogP contribution in [0.1, 0.15) is 23.1 Å². The van der Waals surface area contributed by atoms with Gasteiger partial charge < -0.3 is 4.74 Å². The first-order chi connectivity index (χ1) is 8.01. The van der Waals surface area contributed by atoms with Crippen LogP contribution in [-0.4, -0.2) is 18.1 Å². The molecule has 0 saturated carbocycles. The maximum Gasteiger partial charge on any atom is 0.310 e. The Kier molecular flexibility index (Phi) is 4.35. The highest BCUT2D eigenvalue weighted by Crippen LogP contribution is 2.31. The molecule has 1 aromatic rings. The Morgan fingerprint density at radius 1 is 1.71 bits per heavy atom. The second-order valence-electron chi connectivity index (χ2n) is 3.02. The molecule has 4 nitrogen and oxygen atoms in total. The van der Waals surface area contributed by atoms with Crippen LogP contribution in [0, 0.1) is 11.3 Å². The molecule has 1 rings (SSSR count). The number of methoxy groups -OCH3 is 1. The highest BCUT2D eigenvalue weighted by Gasteiger charge is 2.23. The summed E-state index contributed by atoms with van der Waals surface area (Å²) in [5, 5.41) is 8.35. The van der Waals surface area contributed by atoms with Crippen molar-refractivity contribution in [2.45, 2.75) is 12.8 Å². The van der Waals surface area contributed by atoms with Crippen molar-refractivity contribution in [2.24, 2.45) is 0 Å². The lowest BCUT2D eigenvalue weighted by molar-refractivity contribution is -0.139. The van der Waals surface area contributed by atoms with Gasteiger partial charge in [-0.3, -0.25) is 4.79 Å². The van der Waals surface area contributed by atoms with Crippen LogP contribution >= 0.6 is 11.6 Å². The second-order valence-corrected chi connectivity index (χ2v) is 3.38. The zero-order valence-electron chi connectivity index (χ0n) is 8.71. The lowest BCUT2D eigenvalue weighted by Crippen LogP contribution is -2.10. The van der Waals surface area contributed by atoms with E-state index in [1.165, 1.54) is 0 Å². The fourth-order valence-corrected chi connectivity index (χ4v) is 1.51. The van der Waals surface area contributed by atoms with E-state index in [0.717, 1.165) is 13.3 Å². The maximum atomic E-state index is 12.8. The number of hydrogen-bond donors (Lipinski definition) is 0. The van der Waals surface area contributed by atoms with E-state index in [-0.39, 0.29) is 11.1 Å². The van der Waals surface area contributed by atoms with Gasteiger partial charge in [0.25, 0.3) is 6.43 Å². The molecule has 0 aliphatic heterocycles. The van der Waals surface area contributed by atoms with Crippen molar-refractivity contribution in [2.75, 3.05) is 7.11 Å². The molecule has 0 spiro atoms. The molecule has 0 atom stereocenters. The van der Waals surface area contributed by atoms with Crippen molar-refractivity contribution in [3.05, 3.63) is 28.0 Å². The van der Waals surface area contributed by atoms with Gasteiger partial charge in [-0.1, -0.05) is 11.6 Å². The molecule has 7 heteroatoms. The molecule has 0 amide bonds. The number of hydrogen-bond acceptors (Lipinski definition) is 4. The van der Waals surface area contributed by atoms with Crippen LogP contribution in [0.2, 0.25) is 5.15 Å². The number of rotatable bonds is 3. The summed E-state index contributed by atoms with van der Waals surface area (Å²) in [7, 11) is 1.12. The van der Waals surface area contributed by atoms with Gasteiger partial charge in [-0.05, 0) is 5.56 Å². The average molecular weight is 261 g/mol. The summed E-state index contributed by atoms with van der Waals surface area (Å²) in [5.41, 5.74) is -0.861. The van der Waals surface area contributed by atoms with Crippen LogP contribution in [0.3, 0.4) is 0 Å². The molecule has 90 valence electrons.